The van der Waals surface area contributed by atoms with E-state index < -0.39 is 0 Å². The second kappa shape index (κ2) is 4.80. The highest BCUT2D eigenvalue weighted by molar-refractivity contribution is 4.80. The third-order valence-corrected chi connectivity index (χ3v) is 2.24. The molecule has 0 aliphatic carbocycles. The number of hydrogen-bond acceptors (Lipinski definition) is 3. The quantitative estimate of drug-likeness (QED) is 0.663. The molecule has 12 heavy (non-hydrogen) atoms. The van der Waals surface area contributed by atoms with Crippen molar-refractivity contribution in [2.75, 3.05) is 33.4 Å². The Morgan fingerprint density at radius 2 is 1.92 bits per heavy atom. The van der Waals surface area contributed by atoms with Gasteiger partial charge in [0, 0.05) is 38.8 Å². The zero-order valence-electron chi connectivity index (χ0n) is 8.34. The van der Waals surface area contributed by atoms with Gasteiger partial charge >= 0.3 is 0 Å². The average molecular weight is 172 g/mol. The molecular weight excluding hydrogens is 152 g/mol. The summed E-state index contributed by atoms with van der Waals surface area (Å²) in [6.07, 6.45) is 0. The average Bonchev–Trinajstić information content (AvgIpc) is 1.99. The Kier molecular flexibility index (Phi) is 3.98. The fraction of sp³-hybridized carbons (Fsp3) is 1.00. The van der Waals surface area contributed by atoms with Gasteiger partial charge in [0.25, 0.3) is 0 Å². The fourth-order valence-electron chi connectivity index (χ4n) is 1.84. The largest absolute Gasteiger partial charge is 0.383 e. The van der Waals surface area contributed by atoms with E-state index in [1.165, 1.54) is 0 Å². The van der Waals surface area contributed by atoms with Gasteiger partial charge in [0.2, 0.25) is 0 Å². The Hall–Kier alpha value is -0.120. The summed E-state index contributed by atoms with van der Waals surface area (Å²) in [5.74, 6) is 0. The lowest BCUT2D eigenvalue weighted by Crippen LogP contribution is -2.54. The summed E-state index contributed by atoms with van der Waals surface area (Å²) in [5, 5.41) is 3.50. The topological polar surface area (TPSA) is 24.5 Å². The van der Waals surface area contributed by atoms with E-state index >= 15 is 0 Å². The molecule has 0 aromatic heterocycles. The smallest absolute Gasteiger partial charge is 0.0589 e. The van der Waals surface area contributed by atoms with Crippen molar-refractivity contribution in [3.8, 4) is 0 Å². The molecule has 3 nitrogen and oxygen atoms in total. The molecule has 2 atom stereocenters. The summed E-state index contributed by atoms with van der Waals surface area (Å²) >= 11 is 0. The van der Waals surface area contributed by atoms with Crippen LogP contribution >= 0.6 is 0 Å². The molecule has 3 heteroatoms. The van der Waals surface area contributed by atoms with Gasteiger partial charge in [-0.3, -0.25) is 4.90 Å². The molecule has 0 unspecified atom stereocenters. The van der Waals surface area contributed by atoms with Gasteiger partial charge in [0.15, 0.2) is 0 Å². The first-order chi connectivity index (χ1) is 5.72. The monoisotopic (exact) mass is 172 g/mol. The molecule has 1 saturated heterocycles. The van der Waals surface area contributed by atoms with E-state index in [1.807, 2.05) is 0 Å². The summed E-state index contributed by atoms with van der Waals surface area (Å²) < 4.78 is 5.05. The van der Waals surface area contributed by atoms with E-state index in [2.05, 4.69) is 24.1 Å². The Labute approximate surface area is 75.1 Å². The SMILES string of the molecule is COCCN1C[C@@H](C)N[C@@H](C)C1. The molecule has 1 N–H and O–H groups in total. The van der Waals surface area contributed by atoms with Crippen LogP contribution in [-0.2, 0) is 4.74 Å². The number of nitrogens with one attached hydrogen (secondary N) is 1. The highest BCUT2D eigenvalue weighted by Gasteiger charge is 2.19. The maximum atomic E-state index is 5.05. The zero-order chi connectivity index (χ0) is 8.97. The van der Waals surface area contributed by atoms with E-state index in [0.29, 0.717) is 12.1 Å². The molecule has 1 heterocycles. The van der Waals surface area contributed by atoms with E-state index in [9.17, 15) is 0 Å². The third kappa shape index (κ3) is 3.09. The predicted molar refractivity (Wildman–Crippen MR) is 50.4 cm³/mol. The molecule has 0 aromatic rings. The van der Waals surface area contributed by atoms with Crippen LogP contribution < -0.4 is 5.32 Å². The Bertz CT molecular complexity index is 120. The lowest BCUT2D eigenvalue weighted by molar-refractivity contribution is 0.115. The van der Waals surface area contributed by atoms with Crippen molar-refractivity contribution in [3.05, 3.63) is 0 Å². The normalized spacial score (nSPS) is 32.2. The number of ether oxygens (including phenoxy) is 1. The second-order valence-electron chi connectivity index (χ2n) is 3.72. The van der Waals surface area contributed by atoms with Crippen LogP contribution in [0.3, 0.4) is 0 Å². The molecule has 1 aliphatic rings. The van der Waals surface area contributed by atoms with E-state index in [0.717, 1.165) is 26.2 Å². The molecule has 0 aromatic carbocycles. The highest BCUT2D eigenvalue weighted by Crippen LogP contribution is 2.02. The van der Waals surface area contributed by atoms with E-state index in [1.54, 1.807) is 7.11 Å². The van der Waals surface area contributed by atoms with Gasteiger partial charge in [-0.2, -0.15) is 0 Å². The summed E-state index contributed by atoms with van der Waals surface area (Å²) in [4.78, 5) is 2.45. The molecule has 0 spiro atoms. The summed E-state index contributed by atoms with van der Waals surface area (Å²) in [5.41, 5.74) is 0. The van der Waals surface area contributed by atoms with Crippen molar-refractivity contribution >= 4 is 0 Å². The Balaban J connectivity index is 2.24. The van der Waals surface area contributed by atoms with Crippen LogP contribution in [0.1, 0.15) is 13.8 Å². The van der Waals surface area contributed by atoms with Crippen molar-refractivity contribution in [2.45, 2.75) is 25.9 Å². The molecule has 1 fully saturated rings. The van der Waals surface area contributed by atoms with Gasteiger partial charge in [-0.05, 0) is 13.8 Å². The summed E-state index contributed by atoms with van der Waals surface area (Å²) in [7, 11) is 1.76. The van der Waals surface area contributed by atoms with Crippen molar-refractivity contribution in [1.82, 2.24) is 10.2 Å². The lowest BCUT2D eigenvalue weighted by Gasteiger charge is -2.35. The van der Waals surface area contributed by atoms with Gasteiger partial charge in [-0.1, -0.05) is 0 Å². The van der Waals surface area contributed by atoms with Crippen LogP contribution in [0, 0.1) is 0 Å². The van der Waals surface area contributed by atoms with E-state index in [-0.39, 0.29) is 0 Å². The van der Waals surface area contributed by atoms with Crippen LogP contribution in [0.15, 0.2) is 0 Å². The van der Waals surface area contributed by atoms with Gasteiger partial charge in [0.1, 0.15) is 0 Å². The van der Waals surface area contributed by atoms with Gasteiger partial charge in [-0.15, -0.1) is 0 Å². The number of piperazine rings is 1. The van der Waals surface area contributed by atoms with Crippen molar-refractivity contribution in [2.24, 2.45) is 0 Å². The Morgan fingerprint density at radius 1 is 1.33 bits per heavy atom. The zero-order valence-corrected chi connectivity index (χ0v) is 8.34. The van der Waals surface area contributed by atoms with Crippen LogP contribution in [0.2, 0.25) is 0 Å². The van der Waals surface area contributed by atoms with Crippen molar-refractivity contribution < 1.29 is 4.74 Å². The summed E-state index contributed by atoms with van der Waals surface area (Å²) in [6.45, 7) is 8.67. The third-order valence-electron chi connectivity index (χ3n) is 2.24. The van der Waals surface area contributed by atoms with Gasteiger partial charge in [0.05, 0.1) is 6.61 Å². The molecule has 0 amide bonds. The highest BCUT2D eigenvalue weighted by atomic mass is 16.5. The van der Waals surface area contributed by atoms with Crippen molar-refractivity contribution in [3.63, 3.8) is 0 Å². The first-order valence-electron chi connectivity index (χ1n) is 4.69. The van der Waals surface area contributed by atoms with E-state index in [4.69, 9.17) is 4.74 Å². The second-order valence-corrected chi connectivity index (χ2v) is 3.72. The maximum absolute atomic E-state index is 5.05. The van der Waals surface area contributed by atoms with Crippen LogP contribution in [0.4, 0.5) is 0 Å². The predicted octanol–water partition coefficient (Wildman–Crippen LogP) is 0.315. The molecule has 0 radical (unpaired) electrons. The first kappa shape index (κ1) is 9.96. The number of methoxy groups -OCH3 is 1. The van der Waals surface area contributed by atoms with Gasteiger partial charge in [-0.25, -0.2) is 0 Å². The van der Waals surface area contributed by atoms with Crippen LogP contribution in [-0.4, -0.2) is 50.3 Å². The molecule has 0 saturated carbocycles. The lowest BCUT2D eigenvalue weighted by atomic mass is 10.1. The standard InChI is InChI=1S/C9H20N2O/c1-8-6-11(4-5-12-3)7-9(2)10-8/h8-10H,4-7H2,1-3H3/t8-,9+. The van der Waals surface area contributed by atoms with Crippen LogP contribution in [0.25, 0.3) is 0 Å². The minimum absolute atomic E-state index is 0.616. The molecule has 1 rings (SSSR count). The first-order valence-corrected chi connectivity index (χ1v) is 4.69. The number of rotatable bonds is 3. The summed E-state index contributed by atoms with van der Waals surface area (Å²) in [6, 6.07) is 1.23. The number of nitrogens with zero attached hydrogens (tertiary/aromatic N) is 1. The van der Waals surface area contributed by atoms with Crippen LogP contribution in [0.5, 0.6) is 0 Å². The molecule has 0 bridgehead atoms. The van der Waals surface area contributed by atoms with Crippen molar-refractivity contribution in [1.29, 1.82) is 0 Å². The fourth-order valence-corrected chi connectivity index (χ4v) is 1.84. The molecule has 1 aliphatic heterocycles. The molecular formula is C9H20N2O. The number of hydrogen-bond donors (Lipinski definition) is 1. The minimum atomic E-state index is 0.616. The van der Waals surface area contributed by atoms with Gasteiger partial charge < -0.3 is 10.1 Å². The Morgan fingerprint density at radius 3 is 2.42 bits per heavy atom. The maximum Gasteiger partial charge on any atom is 0.0589 e. The molecule has 72 valence electrons. The minimum Gasteiger partial charge on any atom is -0.383 e.